The van der Waals surface area contributed by atoms with E-state index in [1.165, 1.54) is 32.1 Å². The second-order valence-electron chi connectivity index (χ2n) is 6.97. The van der Waals surface area contributed by atoms with E-state index < -0.39 is 0 Å². The second-order valence-corrected chi connectivity index (χ2v) is 6.97. The molecule has 0 unspecified atom stereocenters. The van der Waals surface area contributed by atoms with Crippen LogP contribution in [0.25, 0.3) is 22.5 Å². The summed E-state index contributed by atoms with van der Waals surface area (Å²) in [6.07, 6.45) is 6.47. The second kappa shape index (κ2) is 7.15. The Kier molecular flexibility index (Phi) is 4.56. The zero-order chi connectivity index (χ0) is 17.9. The highest BCUT2D eigenvalue weighted by Crippen LogP contribution is 2.35. The lowest BCUT2D eigenvalue weighted by Crippen LogP contribution is -2.33. The summed E-state index contributed by atoms with van der Waals surface area (Å²) in [6, 6.07) is 15.0. The number of nitrogens with two attached hydrogens (primary N) is 1. The molecule has 3 N–H and O–H groups in total. The van der Waals surface area contributed by atoms with Gasteiger partial charge in [-0.15, -0.1) is 5.10 Å². The molecule has 6 nitrogen and oxygen atoms in total. The summed E-state index contributed by atoms with van der Waals surface area (Å²) in [7, 11) is 2.16. The van der Waals surface area contributed by atoms with Crippen molar-refractivity contribution in [2.45, 2.75) is 38.1 Å². The molecule has 134 valence electrons. The number of aromatic amines is 1. The van der Waals surface area contributed by atoms with E-state index in [9.17, 15) is 0 Å². The van der Waals surface area contributed by atoms with Crippen LogP contribution < -0.4 is 10.6 Å². The summed E-state index contributed by atoms with van der Waals surface area (Å²) in [5.74, 6) is 0.655. The number of hydrogen-bond acceptors (Lipinski definition) is 5. The first-order valence-corrected chi connectivity index (χ1v) is 9.20. The Morgan fingerprint density at radius 3 is 2.50 bits per heavy atom. The molecule has 0 aliphatic heterocycles. The minimum absolute atomic E-state index is 0.587. The first kappa shape index (κ1) is 16.6. The summed E-state index contributed by atoms with van der Waals surface area (Å²) in [6.45, 7) is 0. The van der Waals surface area contributed by atoms with Crippen molar-refractivity contribution in [2.75, 3.05) is 17.7 Å². The molecule has 6 heteroatoms. The molecule has 1 aliphatic carbocycles. The lowest BCUT2D eigenvalue weighted by molar-refractivity contribution is 0.428. The molecule has 26 heavy (non-hydrogen) atoms. The molecule has 4 rings (SSSR count). The third kappa shape index (κ3) is 3.14. The normalized spacial score (nSPS) is 15.1. The molecule has 1 fully saturated rings. The van der Waals surface area contributed by atoms with Crippen molar-refractivity contribution in [1.29, 1.82) is 0 Å². The SMILES string of the molecule is CN(c1ccc(-c2ccccc2-c2nnn[nH]2)cc1N)C1CCCCC1. The van der Waals surface area contributed by atoms with E-state index in [0.717, 1.165) is 28.1 Å². The van der Waals surface area contributed by atoms with Gasteiger partial charge in [0.25, 0.3) is 0 Å². The predicted molar refractivity (Wildman–Crippen MR) is 105 cm³/mol. The Bertz CT molecular complexity index is 868. The van der Waals surface area contributed by atoms with Gasteiger partial charge in [0.2, 0.25) is 0 Å². The highest BCUT2D eigenvalue weighted by atomic mass is 15.5. The van der Waals surface area contributed by atoms with Crippen molar-refractivity contribution in [3.05, 3.63) is 42.5 Å². The van der Waals surface area contributed by atoms with Crippen molar-refractivity contribution in [1.82, 2.24) is 20.6 Å². The molecule has 0 atom stereocenters. The van der Waals surface area contributed by atoms with E-state index in [-0.39, 0.29) is 0 Å². The maximum absolute atomic E-state index is 6.45. The van der Waals surface area contributed by atoms with Gasteiger partial charge in [0.1, 0.15) is 0 Å². The number of hydrogen-bond donors (Lipinski definition) is 2. The highest BCUT2D eigenvalue weighted by Gasteiger charge is 2.20. The summed E-state index contributed by atoms with van der Waals surface area (Å²) in [5.41, 5.74) is 11.5. The minimum Gasteiger partial charge on any atom is -0.397 e. The quantitative estimate of drug-likeness (QED) is 0.699. The molecule has 0 radical (unpaired) electrons. The van der Waals surface area contributed by atoms with Gasteiger partial charge in [0, 0.05) is 18.7 Å². The topological polar surface area (TPSA) is 83.7 Å². The largest absolute Gasteiger partial charge is 0.397 e. The van der Waals surface area contributed by atoms with Gasteiger partial charge in [-0.05, 0) is 46.5 Å². The first-order chi connectivity index (χ1) is 12.7. The van der Waals surface area contributed by atoms with Crippen LogP contribution in [0.2, 0.25) is 0 Å². The molecule has 1 aromatic heterocycles. The molecule has 0 amide bonds. The molecule has 0 bridgehead atoms. The Morgan fingerprint density at radius 2 is 1.81 bits per heavy atom. The van der Waals surface area contributed by atoms with E-state index >= 15 is 0 Å². The van der Waals surface area contributed by atoms with Crippen LogP contribution in [0.4, 0.5) is 11.4 Å². The molecule has 1 saturated carbocycles. The average molecular weight is 348 g/mol. The van der Waals surface area contributed by atoms with Crippen LogP contribution in [-0.4, -0.2) is 33.7 Å². The number of tetrazole rings is 1. The van der Waals surface area contributed by atoms with Gasteiger partial charge in [-0.1, -0.05) is 49.6 Å². The van der Waals surface area contributed by atoms with Gasteiger partial charge in [-0.2, -0.15) is 0 Å². The molecule has 0 spiro atoms. The minimum atomic E-state index is 0.587. The number of H-pyrrole nitrogens is 1. The van der Waals surface area contributed by atoms with E-state index in [1.807, 2.05) is 18.2 Å². The lowest BCUT2D eigenvalue weighted by atomic mass is 9.93. The molecule has 3 aromatic rings. The number of aromatic nitrogens is 4. The van der Waals surface area contributed by atoms with Crippen LogP contribution >= 0.6 is 0 Å². The van der Waals surface area contributed by atoms with Crippen LogP contribution in [0.15, 0.2) is 42.5 Å². The molecular formula is C20H24N6. The number of nitrogen functional groups attached to an aromatic ring is 1. The fourth-order valence-corrected chi connectivity index (χ4v) is 3.92. The smallest absolute Gasteiger partial charge is 0.180 e. The molecule has 1 heterocycles. The summed E-state index contributed by atoms with van der Waals surface area (Å²) < 4.78 is 0. The van der Waals surface area contributed by atoms with Crippen molar-refractivity contribution in [3.63, 3.8) is 0 Å². The standard InChI is InChI=1S/C20H24N6/c1-26(15-7-3-2-4-8-15)19-12-11-14(13-18(19)21)16-9-5-6-10-17(16)20-22-24-25-23-20/h5-6,9-13,15H,2-4,7-8,21H2,1H3,(H,22,23,24,25). The van der Waals surface area contributed by atoms with Crippen LogP contribution in [0.3, 0.4) is 0 Å². The number of nitrogens with zero attached hydrogens (tertiary/aromatic N) is 4. The summed E-state index contributed by atoms with van der Waals surface area (Å²) in [4.78, 5) is 2.35. The molecule has 2 aromatic carbocycles. The van der Waals surface area contributed by atoms with E-state index in [1.54, 1.807) is 0 Å². The van der Waals surface area contributed by atoms with Crippen molar-refractivity contribution in [2.24, 2.45) is 0 Å². The fourth-order valence-electron chi connectivity index (χ4n) is 3.92. The van der Waals surface area contributed by atoms with Crippen LogP contribution in [0.5, 0.6) is 0 Å². The number of rotatable bonds is 4. The van der Waals surface area contributed by atoms with Gasteiger partial charge in [-0.25, -0.2) is 5.10 Å². The maximum Gasteiger partial charge on any atom is 0.180 e. The number of benzene rings is 2. The van der Waals surface area contributed by atoms with Crippen molar-refractivity contribution < 1.29 is 0 Å². The maximum atomic E-state index is 6.45. The monoisotopic (exact) mass is 348 g/mol. The zero-order valence-electron chi connectivity index (χ0n) is 15.0. The Hall–Kier alpha value is -2.89. The van der Waals surface area contributed by atoms with Gasteiger partial charge < -0.3 is 10.6 Å². The number of nitrogens with one attached hydrogen (secondary N) is 1. The highest BCUT2D eigenvalue weighted by molar-refractivity contribution is 5.84. The van der Waals surface area contributed by atoms with Crippen molar-refractivity contribution >= 4 is 11.4 Å². The third-order valence-corrected chi connectivity index (χ3v) is 5.37. The Morgan fingerprint density at radius 1 is 1.04 bits per heavy atom. The lowest BCUT2D eigenvalue weighted by Gasteiger charge is -2.33. The zero-order valence-corrected chi connectivity index (χ0v) is 15.0. The van der Waals surface area contributed by atoms with E-state index in [0.29, 0.717) is 11.9 Å². The van der Waals surface area contributed by atoms with Crippen LogP contribution in [0, 0.1) is 0 Å². The molecular weight excluding hydrogens is 324 g/mol. The van der Waals surface area contributed by atoms with Crippen LogP contribution in [-0.2, 0) is 0 Å². The molecule has 0 saturated heterocycles. The molecule has 1 aliphatic rings. The summed E-state index contributed by atoms with van der Waals surface area (Å²) in [5, 5.41) is 14.3. The number of anilines is 2. The van der Waals surface area contributed by atoms with Gasteiger partial charge in [0.15, 0.2) is 5.82 Å². The van der Waals surface area contributed by atoms with E-state index in [4.69, 9.17) is 5.73 Å². The predicted octanol–water partition coefficient (Wildman–Crippen LogP) is 3.88. The Balaban J connectivity index is 1.67. The fraction of sp³-hybridized carbons (Fsp3) is 0.350. The van der Waals surface area contributed by atoms with Gasteiger partial charge >= 0.3 is 0 Å². The Labute approximate surface area is 153 Å². The average Bonchev–Trinajstić information content (AvgIpc) is 3.23. The summed E-state index contributed by atoms with van der Waals surface area (Å²) >= 11 is 0. The third-order valence-electron chi connectivity index (χ3n) is 5.37. The van der Waals surface area contributed by atoms with Crippen LogP contribution in [0.1, 0.15) is 32.1 Å². The van der Waals surface area contributed by atoms with Gasteiger partial charge in [-0.3, -0.25) is 0 Å². The van der Waals surface area contributed by atoms with E-state index in [2.05, 4.69) is 56.8 Å². The van der Waals surface area contributed by atoms with Crippen molar-refractivity contribution in [3.8, 4) is 22.5 Å². The van der Waals surface area contributed by atoms with Gasteiger partial charge in [0.05, 0.1) is 11.4 Å². The first-order valence-electron chi connectivity index (χ1n) is 9.20.